The van der Waals surface area contributed by atoms with Gasteiger partial charge in [-0.3, -0.25) is 4.79 Å². The molecule has 2 N–H and O–H groups in total. The lowest BCUT2D eigenvalue weighted by Gasteiger charge is -2.42. The highest BCUT2D eigenvalue weighted by Gasteiger charge is 2.39. The Balaban J connectivity index is 1.39. The van der Waals surface area contributed by atoms with Crippen molar-refractivity contribution >= 4 is 5.91 Å². The van der Waals surface area contributed by atoms with E-state index in [0.717, 1.165) is 36.8 Å². The Hall–Kier alpha value is -3.22. The summed E-state index contributed by atoms with van der Waals surface area (Å²) in [6.07, 6.45) is 4.82. The predicted octanol–water partition coefficient (Wildman–Crippen LogP) is 3.45. The number of hydrogen-bond donors (Lipinski definition) is 2. The molecule has 152 valence electrons. The Kier molecular flexibility index (Phi) is 5.79. The highest BCUT2D eigenvalue weighted by molar-refractivity contribution is 5.83. The fourth-order valence-electron chi connectivity index (χ4n) is 4.54. The van der Waals surface area contributed by atoms with Gasteiger partial charge in [0.25, 0.3) is 0 Å². The van der Waals surface area contributed by atoms with Crippen LogP contribution in [0, 0.1) is 34.4 Å². The number of piperidine rings is 2. The second kappa shape index (κ2) is 8.65. The van der Waals surface area contributed by atoms with Gasteiger partial charge in [-0.25, -0.2) is 4.39 Å². The van der Waals surface area contributed by atoms with Crippen molar-refractivity contribution in [3.8, 4) is 23.3 Å². The van der Waals surface area contributed by atoms with Crippen LogP contribution in [0.1, 0.15) is 36.8 Å². The molecule has 6 heteroatoms. The summed E-state index contributed by atoms with van der Waals surface area (Å²) < 4.78 is 13.9. The Morgan fingerprint density at radius 3 is 2.37 bits per heavy atom. The molecule has 2 aromatic carbocycles. The van der Waals surface area contributed by atoms with Crippen molar-refractivity contribution in [2.24, 2.45) is 5.92 Å². The molecule has 0 spiro atoms. The molecule has 2 heterocycles. The van der Waals surface area contributed by atoms with Gasteiger partial charge in [-0.1, -0.05) is 30.3 Å². The number of carbonyl (C=O) groups is 1. The molecule has 2 aromatic rings. The Morgan fingerprint density at radius 2 is 1.80 bits per heavy atom. The summed E-state index contributed by atoms with van der Waals surface area (Å²) in [6.45, 7) is 0. The molecule has 30 heavy (non-hydrogen) atoms. The van der Waals surface area contributed by atoms with Gasteiger partial charge in [0, 0.05) is 12.5 Å². The van der Waals surface area contributed by atoms with Crippen LogP contribution in [0.15, 0.2) is 42.5 Å². The lowest BCUT2D eigenvalue weighted by Crippen LogP contribution is -2.59. The Bertz CT molecular complexity index is 1010. The van der Waals surface area contributed by atoms with Crippen molar-refractivity contribution in [2.45, 2.75) is 50.2 Å². The third-order valence-electron chi connectivity index (χ3n) is 6.23. The molecule has 2 atom stereocenters. The van der Waals surface area contributed by atoms with Gasteiger partial charge in [0.15, 0.2) is 0 Å². The van der Waals surface area contributed by atoms with Gasteiger partial charge in [-0.2, -0.15) is 10.5 Å². The first-order valence-corrected chi connectivity index (χ1v) is 10.3. The third kappa shape index (κ3) is 4.20. The van der Waals surface area contributed by atoms with Crippen molar-refractivity contribution < 1.29 is 9.18 Å². The van der Waals surface area contributed by atoms with E-state index in [1.54, 1.807) is 6.07 Å². The number of hydrogen-bond acceptors (Lipinski definition) is 4. The van der Waals surface area contributed by atoms with E-state index in [0.29, 0.717) is 23.9 Å². The maximum absolute atomic E-state index is 13.9. The topological polar surface area (TPSA) is 88.7 Å². The van der Waals surface area contributed by atoms with Crippen LogP contribution < -0.4 is 10.6 Å². The van der Waals surface area contributed by atoms with E-state index in [9.17, 15) is 14.4 Å². The van der Waals surface area contributed by atoms with Crippen molar-refractivity contribution in [2.75, 3.05) is 0 Å². The monoisotopic (exact) mass is 402 g/mol. The molecule has 2 bridgehead atoms. The second-order valence-electron chi connectivity index (χ2n) is 8.15. The fourth-order valence-corrected chi connectivity index (χ4v) is 4.54. The van der Waals surface area contributed by atoms with Crippen molar-refractivity contribution in [1.29, 1.82) is 10.5 Å². The molecule has 0 unspecified atom stereocenters. The molecule has 1 saturated carbocycles. The first-order chi connectivity index (χ1) is 14.6. The average Bonchev–Trinajstić information content (AvgIpc) is 2.79. The molecule has 1 aliphatic carbocycles. The summed E-state index contributed by atoms with van der Waals surface area (Å²) in [7, 11) is 0. The lowest BCUT2D eigenvalue weighted by atomic mass is 9.76. The first-order valence-electron chi connectivity index (χ1n) is 10.3. The minimum atomic E-state index is -0.599. The molecular formula is C24H23FN4O. The van der Waals surface area contributed by atoms with Gasteiger partial charge in [0.05, 0.1) is 17.7 Å². The normalized spacial score (nSPS) is 23.2. The molecule has 5 rings (SSSR count). The highest BCUT2D eigenvalue weighted by Crippen LogP contribution is 2.33. The van der Waals surface area contributed by atoms with Crippen LogP contribution in [0.25, 0.3) is 11.1 Å². The van der Waals surface area contributed by atoms with Crippen LogP contribution in [0.5, 0.6) is 0 Å². The summed E-state index contributed by atoms with van der Waals surface area (Å²) in [5.41, 5.74) is 2.44. The van der Waals surface area contributed by atoms with E-state index in [-0.39, 0.29) is 17.5 Å². The van der Waals surface area contributed by atoms with E-state index in [4.69, 9.17) is 5.26 Å². The van der Waals surface area contributed by atoms with Gasteiger partial charge in [0.1, 0.15) is 17.9 Å². The number of nitriles is 2. The Labute approximate surface area is 175 Å². The zero-order chi connectivity index (χ0) is 21.1. The van der Waals surface area contributed by atoms with E-state index < -0.39 is 11.9 Å². The van der Waals surface area contributed by atoms with E-state index in [2.05, 4.69) is 16.7 Å². The number of carbonyl (C=O) groups excluding carboxylic acids is 1. The van der Waals surface area contributed by atoms with Crippen LogP contribution in [-0.4, -0.2) is 24.0 Å². The van der Waals surface area contributed by atoms with Crippen LogP contribution in [0.2, 0.25) is 0 Å². The molecule has 2 aliphatic heterocycles. The number of benzene rings is 2. The fraction of sp³-hybridized carbons (Fsp3) is 0.375. The lowest BCUT2D eigenvalue weighted by molar-refractivity contribution is -0.127. The van der Waals surface area contributed by atoms with Crippen molar-refractivity contribution in [1.82, 2.24) is 10.6 Å². The molecule has 0 radical (unpaired) electrons. The van der Waals surface area contributed by atoms with Crippen LogP contribution in [0.4, 0.5) is 4.39 Å². The molecular weight excluding hydrogens is 379 g/mol. The smallest absolute Gasteiger partial charge is 0.238 e. The highest BCUT2D eigenvalue weighted by atomic mass is 19.1. The number of nitrogens with one attached hydrogen (secondary N) is 2. The number of rotatable bonds is 5. The SMILES string of the molecule is N#Cc1ccc(-c2ccc(C[C@@H](C#N)NC(=O)[C@H]3NC4CCC3CC4)cc2)cc1F. The summed E-state index contributed by atoms with van der Waals surface area (Å²) in [6, 6.07) is 15.6. The first kappa shape index (κ1) is 20.1. The molecule has 3 fully saturated rings. The maximum Gasteiger partial charge on any atom is 0.238 e. The van der Waals surface area contributed by atoms with Gasteiger partial charge >= 0.3 is 0 Å². The van der Waals surface area contributed by atoms with E-state index in [1.165, 1.54) is 12.1 Å². The molecule has 3 aliphatic rings. The van der Waals surface area contributed by atoms with Gasteiger partial charge in [-0.05, 0) is 60.4 Å². The molecule has 0 aromatic heterocycles. The van der Waals surface area contributed by atoms with Gasteiger partial charge < -0.3 is 10.6 Å². The number of halogens is 1. The Morgan fingerprint density at radius 1 is 1.10 bits per heavy atom. The van der Waals surface area contributed by atoms with E-state index >= 15 is 0 Å². The minimum absolute atomic E-state index is 0.0173. The summed E-state index contributed by atoms with van der Waals surface area (Å²) in [5.74, 6) is -0.265. The van der Waals surface area contributed by atoms with Crippen LogP contribution in [-0.2, 0) is 11.2 Å². The predicted molar refractivity (Wildman–Crippen MR) is 110 cm³/mol. The van der Waals surface area contributed by atoms with Crippen LogP contribution in [0.3, 0.4) is 0 Å². The quantitative estimate of drug-likeness (QED) is 0.802. The molecule has 5 nitrogen and oxygen atoms in total. The number of nitrogens with zero attached hydrogens (tertiary/aromatic N) is 2. The summed E-state index contributed by atoms with van der Waals surface area (Å²) >= 11 is 0. The summed E-state index contributed by atoms with van der Waals surface area (Å²) in [4.78, 5) is 12.7. The number of amides is 1. The molecule has 1 amide bonds. The largest absolute Gasteiger partial charge is 0.339 e. The second-order valence-corrected chi connectivity index (χ2v) is 8.15. The molecule has 2 saturated heterocycles. The minimum Gasteiger partial charge on any atom is -0.339 e. The van der Waals surface area contributed by atoms with E-state index in [1.807, 2.05) is 30.3 Å². The van der Waals surface area contributed by atoms with Gasteiger partial charge in [-0.15, -0.1) is 0 Å². The standard InChI is InChI=1S/C24H23FN4O/c25-22-12-18(5-6-19(22)13-26)16-3-1-15(2-4-16)11-21(14-27)29-24(30)23-17-7-9-20(28-23)10-8-17/h1-6,12,17,20-21,23,28H,7-11H2,(H,29,30)/t17?,20?,21-,23-/m0/s1. The summed E-state index contributed by atoms with van der Waals surface area (Å²) in [5, 5.41) is 24.7. The zero-order valence-electron chi connectivity index (χ0n) is 16.6. The third-order valence-corrected chi connectivity index (χ3v) is 6.23. The van der Waals surface area contributed by atoms with Crippen molar-refractivity contribution in [3.05, 3.63) is 59.4 Å². The number of fused-ring (bicyclic) bond motifs is 3. The van der Waals surface area contributed by atoms with Gasteiger partial charge in [0.2, 0.25) is 5.91 Å². The zero-order valence-corrected chi connectivity index (χ0v) is 16.6. The van der Waals surface area contributed by atoms with Crippen molar-refractivity contribution in [3.63, 3.8) is 0 Å². The maximum atomic E-state index is 13.9. The average molecular weight is 402 g/mol. The van der Waals surface area contributed by atoms with Crippen LogP contribution >= 0.6 is 0 Å².